The summed E-state index contributed by atoms with van der Waals surface area (Å²) < 4.78 is 29.4. The summed E-state index contributed by atoms with van der Waals surface area (Å²) in [5, 5.41) is 17.5. The molecule has 1 unspecified atom stereocenters. The first-order chi connectivity index (χ1) is 8.84. The Morgan fingerprint density at radius 2 is 2.05 bits per heavy atom. The van der Waals surface area contributed by atoms with Gasteiger partial charge in [-0.3, -0.25) is 0 Å². The van der Waals surface area contributed by atoms with Crippen molar-refractivity contribution < 1.29 is 28.2 Å². The second-order valence-electron chi connectivity index (χ2n) is 4.14. The van der Waals surface area contributed by atoms with Crippen molar-refractivity contribution >= 4 is 31.7 Å². The molecule has 0 radical (unpaired) electrons. The number of hydrogen-bond donors (Lipinski definition) is 2. The molecule has 8 heteroatoms. The fraction of sp³-hybridized carbons (Fsp3) is 0.364. The molecule has 2 rings (SSSR count). The largest absolute Gasteiger partial charge is 0.479 e. The molecule has 104 valence electrons. The Morgan fingerprint density at radius 3 is 2.47 bits per heavy atom. The number of carboxylic acids is 1. The van der Waals surface area contributed by atoms with Gasteiger partial charge in [0.25, 0.3) is 0 Å². The highest BCUT2D eigenvalue weighted by Crippen LogP contribution is 2.30. The SMILES string of the molecule is O=C(O)C(O)c1ccc(S(=O)(=O)C2COC2)c(Br)c1. The van der Waals surface area contributed by atoms with Crippen LogP contribution in [0.2, 0.25) is 0 Å². The normalized spacial score (nSPS) is 17.8. The average Bonchev–Trinajstić information content (AvgIpc) is 2.24. The van der Waals surface area contributed by atoms with Crippen molar-refractivity contribution in [1.29, 1.82) is 0 Å². The van der Waals surface area contributed by atoms with E-state index in [0.29, 0.717) is 0 Å². The number of rotatable bonds is 4. The Labute approximate surface area is 118 Å². The third kappa shape index (κ3) is 2.66. The smallest absolute Gasteiger partial charge is 0.337 e. The second-order valence-corrected chi connectivity index (χ2v) is 7.19. The molecular formula is C11H11BrO6S. The van der Waals surface area contributed by atoms with Crippen LogP contribution >= 0.6 is 15.9 Å². The molecule has 0 bridgehead atoms. The lowest BCUT2D eigenvalue weighted by Crippen LogP contribution is -2.40. The van der Waals surface area contributed by atoms with E-state index >= 15 is 0 Å². The van der Waals surface area contributed by atoms with Gasteiger partial charge in [0.2, 0.25) is 0 Å². The zero-order chi connectivity index (χ0) is 14.2. The van der Waals surface area contributed by atoms with Crippen LogP contribution in [0, 0.1) is 0 Å². The third-order valence-corrected chi connectivity index (χ3v) is 5.90. The number of aliphatic hydroxyl groups is 1. The quantitative estimate of drug-likeness (QED) is 0.830. The molecule has 1 heterocycles. The van der Waals surface area contributed by atoms with Gasteiger partial charge in [-0.1, -0.05) is 6.07 Å². The van der Waals surface area contributed by atoms with Crippen LogP contribution in [0.1, 0.15) is 11.7 Å². The molecule has 1 saturated heterocycles. The minimum absolute atomic E-state index is 0.0714. The number of aliphatic carboxylic acids is 1. The minimum atomic E-state index is -3.50. The lowest BCUT2D eigenvalue weighted by molar-refractivity contribution is -0.146. The number of hydrogen-bond acceptors (Lipinski definition) is 5. The van der Waals surface area contributed by atoms with Gasteiger partial charge in [0.15, 0.2) is 15.9 Å². The predicted octanol–water partition coefficient (Wildman–Crippen LogP) is 0.740. The highest BCUT2D eigenvalue weighted by atomic mass is 79.9. The molecule has 0 saturated carbocycles. The summed E-state index contributed by atoms with van der Waals surface area (Å²) in [5.74, 6) is -1.39. The molecule has 0 amide bonds. The van der Waals surface area contributed by atoms with E-state index in [4.69, 9.17) is 9.84 Å². The van der Waals surface area contributed by atoms with Gasteiger partial charge in [-0.25, -0.2) is 13.2 Å². The van der Waals surface area contributed by atoms with Crippen LogP contribution in [0.25, 0.3) is 0 Å². The lowest BCUT2D eigenvalue weighted by atomic mass is 10.1. The average molecular weight is 351 g/mol. The van der Waals surface area contributed by atoms with E-state index in [1.165, 1.54) is 18.2 Å². The van der Waals surface area contributed by atoms with Crippen LogP contribution in [0.15, 0.2) is 27.6 Å². The molecule has 19 heavy (non-hydrogen) atoms. The summed E-state index contributed by atoms with van der Waals surface area (Å²) in [5.41, 5.74) is 0.114. The summed E-state index contributed by atoms with van der Waals surface area (Å²) in [6.07, 6.45) is -1.68. The maximum absolute atomic E-state index is 12.2. The summed E-state index contributed by atoms with van der Waals surface area (Å²) in [6, 6.07) is 3.88. The zero-order valence-electron chi connectivity index (χ0n) is 9.61. The standard InChI is InChI=1S/C11H11BrO6S/c12-8-3-6(10(13)11(14)15)1-2-9(8)19(16,17)7-4-18-5-7/h1-3,7,10,13H,4-5H2,(H,14,15). The highest BCUT2D eigenvalue weighted by Gasteiger charge is 2.35. The maximum atomic E-state index is 12.2. The Hall–Kier alpha value is -0.960. The molecule has 2 N–H and O–H groups in total. The first-order valence-corrected chi connectivity index (χ1v) is 7.70. The molecule has 0 aliphatic carbocycles. The monoisotopic (exact) mass is 350 g/mol. The number of carboxylic acid groups (broad SMARTS) is 1. The first-order valence-electron chi connectivity index (χ1n) is 5.36. The van der Waals surface area contributed by atoms with Crippen LogP contribution in [-0.2, 0) is 19.4 Å². The summed E-state index contributed by atoms with van der Waals surface area (Å²) in [6.45, 7) is 0.322. The van der Waals surface area contributed by atoms with Crippen LogP contribution in [-0.4, -0.2) is 43.1 Å². The van der Waals surface area contributed by atoms with E-state index in [9.17, 15) is 18.3 Å². The minimum Gasteiger partial charge on any atom is -0.479 e. The van der Waals surface area contributed by atoms with Crippen molar-refractivity contribution in [2.45, 2.75) is 16.2 Å². The van der Waals surface area contributed by atoms with Crippen LogP contribution < -0.4 is 0 Å². The lowest BCUT2D eigenvalue weighted by Gasteiger charge is -2.26. The van der Waals surface area contributed by atoms with Crippen LogP contribution in [0.4, 0.5) is 0 Å². The van der Waals surface area contributed by atoms with Gasteiger partial charge in [0.05, 0.1) is 18.1 Å². The van der Waals surface area contributed by atoms with E-state index < -0.39 is 27.2 Å². The Kier molecular flexibility index (Phi) is 3.95. The van der Waals surface area contributed by atoms with Crippen molar-refractivity contribution in [2.75, 3.05) is 13.2 Å². The number of halogens is 1. The van der Waals surface area contributed by atoms with Crippen LogP contribution in [0.3, 0.4) is 0 Å². The van der Waals surface area contributed by atoms with Gasteiger partial charge in [-0.2, -0.15) is 0 Å². The highest BCUT2D eigenvalue weighted by molar-refractivity contribution is 9.10. The maximum Gasteiger partial charge on any atom is 0.337 e. The topological polar surface area (TPSA) is 101 Å². The summed E-state index contributed by atoms with van der Waals surface area (Å²) in [7, 11) is -3.50. The molecule has 6 nitrogen and oxygen atoms in total. The van der Waals surface area contributed by atoms with Crippen molar-refractivity contribution in [3.05, 3.63) is 28.2 Å². The van der Waals surface area contributed by atoms with Gasteiger partial charge in [0, 0.05) is 4.47 Å². The number of benzene rings is 1. The van der Waals surface area contributed by atoms with E-state index in [1.54, 1.807) is 0 Å². The summed E-state index contributed by atoms with van der Waals surface area (Å²) >= 11 is 3.10. The van der Waals surface area contributed by atoms with Gasteiger partial charge in [-0.15, -0.1) is 0 Å². The molecule has 1 aliphatic heterocycles. The number of carbonyl (C=O) groups is 1. The second kappa shape index (κ2) is 5.20. The van der Waals surface area contributed by atoms with Gasteiger partial charge in [0.1, 0.15) is 5.25 Å². The third-order valence-electron chi connectivity index (χ3n) is 2.86. The molecule has 1 aromatic carbocycles. The molecule has 1 aromatic rings. The molecule has 0 spiro atoms. The number of aliphatic hydroxyl groups excluding tert-OH is 1. The Morgan fingerprint density at radius 1 is 1.42 bits per heavy atom. The van der Waals surface area contributed by atoms with Crippen molar-refractivity contribution in [1.82, 2.24) is 0 Å². The van der Waals surface area contributed by atoms with E-state index in [1.807, 2.05) is 0 Å². The van der Waals surface area contributed by atoms with Crippen LogP contribution in [0.5, 0.6) is 0 Å². The predicted molar refractivity (Wildman–Crippen MR) is 68.5 cm³/mol. The van der Waals surface area contributed by atoms with Crippen molar-refractivity contribution in [3.8, 4) is 0 Å². The molecule has 0 aromatic heterocycles. The summed E-state index contributed by atoms with van der Waals surface area (Å²) in [4.78, 5) is 10.7. The Balaban J connectivity index is 2.37. The molecule has 1 aliphatic rings. The number of sulfone groups is 1. The zero-order valence-corrected chi connectivity index (χ0v) is 12.0. The van der Waals surface area contributed by atoms with Crippen molar-refractivity contribution in [3.63, 3.8) is 0 Å². The molecular weight excluding hydrogens is 340 g/mol. The molecule has 1 atom stereocenters. The van der Waals surface area contributed by atoms with Gasteiger partial charge >= 0.3 is 5.97 Å². The fourth-order valence-electron chi connectivity index (χ4n) is 1.63. The van der Waals surface area contributed by atoms with E-state index in [-0.39, 0.29) is 28.1 Å². The number of ether oxygens (including phenoxy) is 1. The Bertz CT molecular complexity index is 608. The van der Waals surface area contributed by atoms with Gasteiger partial charge < -0.3 is 14.9 Å². The van der Waals surface area contributed by atoms with Gasteiger partial charge in [-0.05, 0) is 33.6 Å². The molecule has 1 fully saturated rings. The fourth-order valence-corrected chi connectivity index (χ4v) is 4.20. The van der Waals surface area contributed by atoms with E-state index in [0.717, 1.165) is 0 Å². The first kappa shape index (κ1) is 14.4. The van der Waals surface area contributed by atoms with E-state index in [2.05, 4.69) is 15.9 Å². The van der Waals surface area contributed by atoms with Crippen molar-refractivity contribution in [2.24, 2.45) is 0 Å².